The van der Waals surface area contributed by atoms with Gasteiger partial charge in [-0.05, 0) is 183 Å². The van der Waals surface area contributed by atoms with Crippen molar-refractivity contribution in [3.05, 3.63) is 210 Å². The van der Waals surface area contributed by atoms with Crippen LogP contribution in [0.4, 0.5) is 34.1 Å². The van der Waals surface area contributed by atoms with Crippen LogP contribution in [-0.4, -0.2) is 6.71 Å². The SMILES string of the molecule is CC(C)(C)c1cc(N2c3cc(-c4ccc5oc6ccccc6c5c4)cc4c3B(c3ccc5cc6ccccc6cc5c32)c2ccc3cc5ccccc5cc3c2N4c2cc(C(C)(C)C)cc(C(C)(C)C)c2)cc(C(C)(C)C)c1. The van der Waals surface area contributed by atoms with E-state index >= 15 is 0 Å². The Labute approximate surface area is 460 Å². The van der Waals surface area contributed by atoms with Crippen molar-refractivity contribution in [2.75, 3.05) is 9.80 Å². The van der Waals surface area contributed by atoms with Gasteiger partial charge in [0.15, 0.2) is 0 Å². The number of nitrogens with zero attached hydrogens (tertiary/aromatic N) is 2. The lowest BCUT2D eigenvalue weighted by Gasteiger charge is -2.46. The van der Waals surface area contributed by atoms with Crippen molar-refractivity contribution in [2.45, 2.75) is 105 Å². The second-order valence-electron chi connectivity index (χ2n) is 26.7. The molecule has 382 valence electrons. The molecule has 0 saturated carbocycles. The molecule has 3 nitrogen and oxygen atoms in total. The van der Waals surface area contributed by atoms with Crippen LogP contribution in [-0.2, 0) is 21.7 Å². The second kappa shape index (κ2) is 16.7. The van der Waals surface area contributed by atoms with E-state index in [0.29, 0.717) is 0 Å². The van der Waals surface area contributed by atoms with Gasteiger partial charge in [-0.3, -0.25) is 0 Å². The van der Waals surface area contributed by atoms with Crippen molar-refractivity contribution in [3.63, 3.8) is 0 Å². The number of benzene rings is 11. The summed E-state index contributed by atoms with van der Waals surface area (Å²) in [4.78, 5) is 5.37. The van der Waals surface area contributed by atoms with E-state index in [-0.39, 0.29) is 28.4 Å². The number of anilines is 6. The summed E-state index contributed by atoms with van der Waals surface area (Å²) in [5.41, 5.74) is 20.1. The molecule has 0 radical (unpaired) electrons. The van der Waals surface area contributed by atoms with E-state index in [0.717, 1.165) is 33.1 Å². The standard InChI is InChI=1S/C74H67BN2O/c1-71(2,3)52-38-53(72(4,5)6)41-56(40-52)76-64-36-51(48-27-30-67-61(35-48)58-23-17-18-24-66(58)78-67)37-65-68(64)75(62-28-25-49-31-44-19-13-15-21-46(44)33-59(49)69(62)76)63-29-26-50-32-45-20-14-16-22-47(45)34-60(50)70(63)77(65)57-42-54(73(7,8)9)39-55(43-57)74(10,11)12/h13-43H,1-12H3. The Morgan fingerprint density at radius 1 is 0.321 bits per heavy atom. The third kappa shape index (κ3) is 7.61. The minimum Gasteiger partial charge on any atom is -0.456 e. The van der Waals surface area contributed by atoms with Crippen LogP contribution in [0.15, 0.2) is 192 Å². The van der Waals surface area contributed by atoms with E-state index in [2.05, 4.69) is 281 Å². The lowest BCUT2D eigenvalue weighted by Crippen LogP contribution is -2.61. The lowest BCUT2D eigenvalue weighted by atomic mass is 9.33. The molecular formula is C74H67BN2O. The highest BCUT2D eigenvalue weighted by atomic mass is 16.3. The maximum Gasteiger partial charge on any atom is 0.252 e. The third-order valence-corrected chi connectivity index (χ3v) is 17.3. The van der Waals surface area contributed by atoms with Gasteiger partial charge in [0.05, 0.1) is 0 Å². The van der Waals surface area contributed by atoms with Crippen LogP contribution < -0.4 is 26.2 Å². The maximum atomic E-state index is 6.51. The summed E-state index contributed by atoms with van der Waals surface area (Å²) in [5, 5.41) is 12.2. The molecule has 0 atom stereocenters. The second-order valence-corrected chi connectivity index (χ2v) is 26.7. The number of hydrogen-bond acceptors (Lipinski definition) is 3. The summed E-state index contributed by atoms with van der Waals surface area (Å²) in [6.45, 7) is 28.2. The fourth-order valence-electron chi connectivity index (χ4n) is 12.8. The average molecular weight is 1010 g/mol. The van der Waals surface area contributed by atoms with Crippen LogP contribution in [0.2, 0.25) is 0 Å². The predicted octanol–water partition coefficient (Wildman–Crippen LogP) is 19.1. The first-order valence-electron chi connectivity index (χ1n) is 28.1. The molecule has 78 heavy (non-hydrogen) atoms. The van der Waals surface area contributed by atoms with E-state index in [4.69, 9.17) is 4.42 Å². The number of fused-ring (bicyclic) bond motifs is 13. The van der Waals surface area contributed by atoms with Crippen LogP contribution in [0.5, 0.6) is 0 Å². The molecule has 0 unspecified atom stereocenters. The van der Waals surface area contributed by atoms with Gasteiger partial charge in [0, 0.05) is 55.7 Å². The van der Waals surface area contributed by atoms with Gasteiger partial charge in [-0.1, -0.05) is 192 Å². The van der Waals surface area contributed by atoms with Crippen LogP contribution in [0.3, 0.4) is 0 Å². The van der Waals surface area contributed by atoms with E-state index in [1.54, 1.807) is 0 Å². The normalized spacial score (nSPS) is 13.8. The first-order chi connectivity index (χ1) is 37.2. The molecule has 12 aromatic rings. The molecule has 2 aliphatic rings. The van der Waals surface area contributed by atoms with Gasteiger partial charge < -0.3 is 14.2 Å². The number of para-hydroxylation sites is 1. The monoisotopic (exact) mass is 1010 g/mol. The summed E-state index contributed by atoms with van der Waals surface area (Å²) in [7, 11) is 0. The first kappa shape index (κ1) is 48.3. The fraction of sp³-hybridized carbons (Fsp3) is 0.216. The zero-order valence-electron chi connectivity index (χ0n) is 47.3. The number of furan rings is 1. The molecule has 0 fully saturated rings. The zero-order valence-corrected chi connectivity index (χ0v) is 47.3. The van der Waals surface area contributed by atoms with Gasteiger partial charge in [-0.2, -0.15) is 0 Å². The fourth-order valence-corrected chi connectivity index (χ4v) is 12.8. The Bertz CT molecular complexity index is 4220. The van der Waals surface area contributed by atoms with Gasteiger partial charge in [0.2, 0.25) is 0 Å². The van der Waals surface area contributed by atoms with Gasteiger partial charge in [-0.15, -0.1) is 0 Å². The van der Waals surface area contributed by atoms with Crippen LogP contribution >= 0.6 is 0 Å². The third-order valence-electron chi connectivity index (χ3n) is 17.3. The largest absolute Gasteiger partial charge is 0.456 e. The molecule has 0 saturated heterocycles. The first-order valence-corrected chi connectivity index (χ1v) is 28.1. The molecule has 4 heteroatoms. The molecule has 11 aromatic carbocycles. The Hall–Kier alpha value is -8.08. The zero-order chi connectivity index (χ0) is 53.9. The van der Waals surface area contributed by atoms with Gasteiger partial charge in [-0.25, -0.2) is 0 Å². The molecule has 0 spiro atoms. The summed E-state index contributed by atoms with van der Waals surface area (Å²) < 4.78 is 6.51. The Morgan fingerprint density at radius 3 is 1.18 bits per heavy atom. The average Bonchev–Trinajstić information content (AvgIpc) is 3.95. The van der Waals surface area contributed by atoms with Crippen molar-refractivity contribution in [3.8, 4) is 11.1 Å². The van der Waals surface area contributed by atoms with E-state index in [9.17, 15) is 0 Å². The van der Waals surface area contributed by atoms with Crippen molar-refractivity contribution >= 4 is 122 Å². The highest BCUT2D eigenvalue weighted by molar-refractivity contribution is 7.00. The van der Waals surface area contributed by atoms with Crippen molar-refractivity contribution in [2.24, 2.45) is 0 Å². The smallest absolute Gasteiger partial charge is 0.252 e. The molecule has 2 aliphatic heterocycles. The quantitative estimate of drug-likeness (QED) is 0.130. The summed E-state index contributed by atoms with van der Waals surface area (Å²) in [6, 6.07) is 72.5. The number of hydrogen-bond donors (Lipinski definition) is 0. The van der Waals surface area contributed by atoms with Crippen LogP contribution in [0, 0.1) is 0 Å². The Morgan fingerprint density at radius 2 is 0.731 bits per heavy atom. The van der Waals surface area contributed by atoms with Crippen molar-refractivity contribution in [1.29, 1.82) is 0 Å². The summed E-state index contributed by atoms with van der Waals surface area (Å²) in [6.07, 6.45) is 0. The minimum absolute atomic E-state index is 0.102. The van der Waals surface area contributed by atoms with E-state index in [1.807, 2.05) is 0 Å². The van der Waals surface area contributed by atoms with Crippen LogP contribution in [0.25, 0.3) is 76.2 Å². The molecule has 0 amide bonds. The molecule has 0 N–H and O–H groups in total. The molecular weight excluding hydrogens is 944 g/mol. The van der Waals surface area contributed by atoms with Crippen LogP contribution in [0.1, 0.15) is 105 Å². The Kier molecular flexibility index (Phi) is 10.4. The summed E-state index contributed by atoms with van der Waals surface area (Å²) >= 11 is 0. The predicted molar refractivity (Wildman–Crippen MR) is 338 cm³/mol. The number of rotatable bonds is 3. The van der Waals surface area contributed by atoms with Crippen molar-refractivity contribution < 1.29 is 4.42 Å². The summed E-state index contributed by atoms with van der Waals surface area (Å²) in [5.74, 6) is 0. The molecule has 14 rings (SSSR count). The highest BCUT2D eigenvalue weighted by Crippen LogP contribution is 2.52. The van der Waals surface area contributed by atoms with Crippen molar-refractivity contribution in [1.82, 2.24) is 0 Å². The highest BCUT2D eigenvalue weighted by Gasteiger charge is 2.45. The maximum absolute atomic E-state index is 6.51. The topological polar surface area (TPSA) is 19.6 Å². The molecule has 1 aromatic heterocycles. The Balaban J connectivity index is 1.19. The van der Waals surface area contributed by atoms with Gasteiger partial charge in [0.1, 0.15) is 11.2 Å². The molecule has 3 heterocycles. The lowest BCUT2D eigenvalue weighted by molar-refractivity contribution is 0.568. The van der Waals surface area contributed by atoms with Gasteiger partial charge >= 0.3 is 0 Å². The molecule has 0 aliphatic carbocycles. The molecule has 0 bridgehead atoms. The van der Waals surface area contributed by atoms with Gasteiger partial charge in [0.25, 0.3) is 6.71 Å². The minimum atomic E-state index is -0.111. The van der Waals surface area contributed by atoms with E-state index < -0.39 is 0 Å². The van der Waals surface area contributed by atoms with E-state index in [1.165, 1.54) is 116 Å².